The summed E-state index contributed by atoms with van der Waals surface area (Å²) in [6.07, 6.45) is 7.38. The molecule has 1 aliphatic heterocycles. The van der Waals surface area contributed by atoms with Crippen LogP contribution in [0.5, 0.6) is 0 Å². The number of carboxylic acids is 1. The zero-order valence-corrected chi connectivity index (χ0v) is 16.7. The summed E-state index contributed by atoms with van der Waals surface area (Å²) >= 11 is 0. The average molecular weight is 369 g/mol. The molecule has 1 aliphatic carbocycles. The number of carboxylic acid groups (broad SMARTS) is 1. The van der Waals surface area contributed by atoms with Crippen molar-refractivity contribution in [2.75, 3.05) is 39.8 Å². The second kappa shape index (κ2) is 10.3. The lowest BCUT2D eigenvalue weighted by Crippen LogP contribution is -2.51. The zero-order valence-electron chi connectivity index (χ0n) is 16.7. The van der Waals surface area contributed by atoms with Crippen LogP contribution in [0.2, 0.25) is 0 Å². The lowest BCUT2D eigenvalue weighted by atomic mass is 9.78. The van der Waals surface area contributed by atoms with E-state index in [1.54, 1.807) is 11.9 Å². The van der Waals surface area contributed by atoms with Crippen molar-refractivity contribution in [2.45, 2.75) is 58.5 Å². The van der Waals surface area contributed by atoms with Gasteiger partial charge in [0.05, 0.1) is 19.3 Å². The fourth-order valence-electron chi connectivity index (χ4n) is 4.35. The van der Waals surface area contributed by atoms with Crippen molar-refractivity contribution in [2.24, 2.45) is 17.8 Å². The third-order valence-corrected chi connectivity index (χ3v) is 5.80. The van der Waals surface area contributed by atoms with Gasteiger partial charge in [0.15, 0.2) is 0 Å². The van der Waals surface area contributed by atoms with Gasteiger partial charge in [-0.15, -0.1) is 0 Å². The van der Waals surface area contributed by atoms with Crippen molar-refractivity contribution in [3.05, 3.63) is 0 Å². The Morgan fingerprint density at radius 1 is 1.23 bits per heavy atom. The molecule has 150 valence electrons. The first kappa shape index (κ1) is 21.2. The Hall–Kier alpha value is -1.14. The number of carbonyl (C=O) groups is 2. The highest BCUT2D eigenvalue weighted by atomic mass is 16.5. The normalized spacial score (nSPS) is 23.4. The van der Waals surface area contributed by atoms with Crippen molar-refractivity contribution in [1.29, 1.82) is 0 Å². The van der Waals surface area contributed by atoms with Crippen LogP contribution < -0.4 is 0 Å². The number of amides is 1. The molecule has 0 radical (unpaired) electrons. The Morgan fingerprint density at radius 3 is 2.54 bits per heavy atom. The first-order chi connectivity index (χ1) is 12.4. The number of aliphatic carboxylic acids is 1. The van der Waals surface area contributed by atoms with E-state index in [0.717, 1.165) is 6.42 Å². The number of likely N-dealkylation sites (N-methyl/N-ethyl adjacent to an activating group) is 1. The summed E-state index contributed by atoms with van der Waals surface area (Å²) in [5, 5.41) is 8.90. The van der Waals surface area contributed by atoms with Gasteiger partial charge in [0, 0.05) is 25.6 Å². The maximum atomic E-state index is 13.2. The molecule has 1 N–H and O–H groups in total. The molecule has 6 nitrogen and oxygen atoms in total. The van der Waals surface area contributed by atoms with Crippen LogP contribution in [-0.2, 0) is 14.3 Å². The SMILES string of the molecule is CC(C)C(CC1CCCCC1)C(=O)N1CCOC(CN(C)CC(=O)O)C1. The summed E-state index contributed by atoms with van der Waals surface area (Å²) in [5.74, 6) is 0.552. The zero-order chi connectivity index (χ0) is 19.1. The number of morpholine rings is 1. The van der Waals surface area contributed by atoms with E-state index in [9.17, 15) is 9.59 Å². The molecule has 2 rings (SSSR count). The van der Waals surface area contributed by atoms with E-state index in [4.69, 9.17) is 9.84 Å². The van der Waals surface area contributed by atoms with E-state index in [0.29, 0.717) is 38.1 Å². The topological polar surface area (TPSA) is 70.1 Å². The summed E-state index contributed by atoms with van der Waals surface area (Å²) in [4.78, 5) is 27.7. The maximum absolute atomic E-state index is 13.2. The molecule has 1 heterocycles. The monoisotopic (exact) mass is 368 g/mol. The van der Waals surface area contributed by atoms with Crippen molar-refractivity contribution < 1.29 is 19.4 Å². The van der Waals surface area contributed by atoms with Crippen LogP contribution in [0.1, 0.15) is 52.4 Å². The van der Waals surface area contributed by atoms with Crippen LogP contribution in [0.4, 0.5) is 0 Å². The van der Waals surface area contributed by atoms with Crippen molar-refractivity contribution >= 4 is 11.9 Å². The molecule has 2 fully saturated rings. The van der Waals surface area contributed by atoms with E-state index >= 15 is 0 Å². The average Bonchev–Trinajstić information content (AvgIpc) is 2.59. The van der Waals surface area contributed by atoms with Crippen LogP contribution in [0.25, 0.3) is 0 Å². The van der Waals surface area contributed by atoms with Crippen molar-refractivity contribution in [3.8, 4) is 0 Å². The highest BCUT2D eigenvalue weighted by molar-refractivity contribution is 5.79. The van der Waals surface area contributed by atoms with Gasteiger partial charge in [0.2, 0.25) is 5.91 Å². The van der Waals surface area contributed by atoms with Gasteiger partial charge in [-0.3, -0.25) is 14.5 Å². The second-order valence-corrected chi connectivity index (χ2v) is 8.46. The number of hydrogen-bond acceptors (Lipinski definition) is 4. The molecular weight excluding hydrogens is 332 g/mol. The number of nitrogens with zero attached hydrogens (tertiary/aromatic N) is 2. The van der Waals surface area contributed by atoms with Gasteiger partial charge in [-0.2, -0.15) is 0 Å². The molecule has 0 aromatic rings. The third-order valence-electron chi connectivity index (χ3n) is 5.80. The minimum absolute atomic E-state index is 0.00982. The predicted molar refractivity (Wildman–Crippen MR) is 101 cm³/mol. The van der Waals surface area contributed by atoms with Crippen LogP contribution in [0.3, 0.4) is 0 Å². The fourth-order valence-corrected chi connectivity index (χ4v) is 4.35. The van der Waals surface area contributed by atoms with Crippen LogP contribution in [0, 0.1) is 17.8 Å². The van der Waals surface area contributed by atoms with E-state index in [2.05, 4.69) is 13.8 Å². The first-order valence-electron chi connectivity index (χ1n) is 10.2. The first-order valence-corrected chi connectivity index (χ1v) is 10.2. The molecule has 0 spiro atoms. The van der Waals surface area contributed by atoms with Crippen LogP contribution in [-0.4, -0.2) is 72.7 Å². The van der Waals surface area contributed by atoms with Gasteiger partial charge in [-0.1, -0.05) is 46.0 Å². The molecule has 0 aromatic carbocycles. The number of rotatable bonds is 8. The third kappa shape index (κ3) is 6.54. The minimum Gasteiger partial charge on any atom is -0.480 e. The highest BCUT2D eigenvalue weighted by Crippen LogP contribution is 2.32. The Balaban J connectivity index is 1.91. The summed E-state index contributed by atoms with van der Waals surface area (Å²) in [5.41, 5.74) is 0. The Labute approximate surface area is 157 Å². The van der Waals surface area contributed by atoms with Gasteiger partial charge in [0.25, 0.3) is 0 Å². The molecule has 2 aliphatic rings. The fraction of sp³-hybridized carbons (Fsp3) is 0.900. The molecule has 6 heteroatoms. The minimum atomic E-state index is -0.844. The predicted octanol–water partition coefficient (Wildman–Crippen LogP) is 2.47. The van der Waals surface area contributed by atoms with Crippen molar-refractivity contribution in [3.63, 3.8) is 0 Å². The smallest absolute Gasteiger partial charge is 0.317 e. The molecular formula is C20H36N2O4. The molecule has 1 saturated heterocycles. The van der Waals surface area contributed by atoms with E-state index < -0.39 is 5.97 Å². The summed E-state index contributed by atoms with van der Waals surface area (Å²) in [6, 6.07) is 0. The maximum Gasteiger partial charge on any atom is 0.317 e. The Morgan fingerprint density at radius 2 is 1.92 bits per heavy atom. The number of hydrogen-bond donors (Lipinski definition) is 1. The van der Waals surface area contributed by atoms with E-state index in [1.165, 1.54) is 32.1 Å². The highest BCUT2D eigenvalue weighted by Gasteiger charge is 2.33. The lowest BCUT2D eigenvalue weighted by Gasteiger charge is -2.38. The number of carbonyl (C=O) groups excluding carboxylic acids is 1. The molecule has 0 aromatic heterocycles. The van der Waals surface area contributed by atoms with Gasteiger partial charge in [-0.25, -0.2) is 0 Å². The lowest BCUT2D eigenvalue weighted by molar-refractivity contribution is -0.147. The molecule has 1 amide bonds. The van der Waals surface area contributed by atoms with E-state index in [-0.39, 0.29) is 24.5 Å². The van der Waals surface area contributed by atoms with Gasteiger partial charge in [0.1, 0.15) is 0 Å². The van der Waals surface area contributed by atoms with Gasteiger partial charge in [-0.05, 0) is 25.3 Å². The Bertz CT molecular complexity index is 463. The van der Waals surface area contributed by atoms with E-state index in [1.807, 2.05) is 4.90 Å². The van der Waals surface area contributed by atoms with Gasteiger partial charge < -0.3 is 14.7 Å². The molecule has 26 heavy (non-hydrogen) atoms. The largest absolute Gasteiger partial charge is 0.480 e. The van der Waals surface area contributed by atoms with Gasteiger partial charge >= 0.3 is 5.97 Å². The Kier molecular flexibility index (Phi) is 8.35. The standard InChI is InChI=1S/C20H36N2O4/c1-15(2)18(11-16-7-5-4-6-8-16)20(25)22-9-10-26-17(13-22)12-21(3)14-19(23)24/h15-18H,4-14H2,1-3H3,(H,23,24). The second-order valence-electron chi connectivity index (χ2n) is 8.46. The molecule has 2 unspecified atom stereocenters. The van der Waals surface area contributed by atoms with Crippen LogP contribution >= 0.6 is 0 Å². The molecule has 2 atom stereocenters. The van der Waals surface area contributed by atoms with Crippen LogP contribution in [0.15, 0.2) is 0 Å². The van der Waals surface area contributed by atoms with Crippen molar-refractivity contribution in [1.82, 2.24) is 9.80 Å². The summed E-state index contributed by atoms with van der Waals surface area (Å²) in [7, 11) is 1.78. The molecule has 0 bridgehead atoms. The molecule has 1 saturated carbocycles. The number of ether oxygens (including phenoxy) is 1. The quantitative estimate of drug-likeness (QED) is 0.713. The summed E-state index contributed by atoms with van der Waals surface area (Å²) < 4.78 is 5.77. The summed E-state index contributed by atoms with van der Waals surface area (Å²) in [6.45, 7) is 6.58.